The van der Waals surface area contributed by atoms with E-state index in [2.05, 4.69) is 19.2 Å². The van der Waals surface area contributed by atoms with Crippen LogP contribution >= 0.6 is 23.2 Å². The number of nitrogens with one attached hydrogen (secondary N) is 1. The normalized spacial score (nSPS) is 14.4. The molecule has 2 unspecified atom stereocenters. The molecule has 0 aliphatic heterocycles. The minimum absolute atomic E-state index is 0.428. The van der Waals surface area contributed by atoms with Crippen molar-refractivity contribution < 1.29 is 4.74 Å². The number of benzene rings is 1. The van der Waals surface area contributed by atoms with E-state index in [4.69, 9.17) is 27.9 Å². The molecule has 2 nitrogen and oxygen atoms in total. The van der Waals surface area contributed by atoms with E-state index in [0.29, 0.717) is 22.0 Å². The van der Waals surface area contributed by atoms with Crippen LogP contribution in [0.25, 0.3) is 0 Å². The van der Waals surface area contributed by atoms with Crippen LogP contribution in [0.2, 0.25) is 10.0 Å². The van der Waals surface area contributed by atoms with E-state index in [-0.39, 0.29) is 0 Å². The van der Waals surface area contributed by atoms with Gasteiger partial charge in [-0.25, -0.2) is 0 Å². The summed E-state index contributed by atoms with van der Waals surface area (Å²) in [6.07, 6.45) is 2.01. The highest BCUT2D eigenvalue weighted by molar-refractivity contribution is 6.42. The summed E-state index contributed by atoms with van der Waals surface area (Å²) in [4.78, 5) is 0. The zero-order valence-electron chi connectivity index (χ0n) is 11.9. The van der Waals surface area contributed by atoms with Crippen LogP contribution in [0.5, 0.6) is 0 Å². The molecule has 1 rings (SSSR count). The van der Waals surface area contributed by atoms with E-state index in [1.807, 2.05) is 18.2 Å². The first-order chi connectivity index (χ1) is 9.08. The molecule has 0 aliphatic rings. The van der Waals surface area contributed by atoms with E-state index in [1.165, 1.54) is 5.56 Å². The van der Waals surface area contributed by atoms with Crippen molar-refractivity contribution in [2.45, 2.75) is 32.7 Å². The van der Waals surface area contributed by atoms with Gasteiger partial charge in [-0.3, -0.25) is 0 Å². The molecule has 0 bridgehead atoms. The summed E-state index contributed by atoms with van der Waals surface area (Å²) in [5, 5.41) is 4.78. The molecule has 0 aromatic heterocycles. The van der Waals surface area contributed by atoms with Gasteiger partial charge in [-0.1, -0.05) is 43.1 Å². The molecule has 0 fully saturated rings. The molecule has 0 spiro atoms. The zero-order valence-corrected chi connectivity index (χ0v) is 13.4. The summed E-state index contributed by atoms with van der Waals surface area (Å²) < 4.78 is 5.16. The molecule has 19 heavy (non-hydrogen) atoms. The summed E-state index contributed by atoms with van der Waals surface area (Å²) >= 11 is 12.0. The van der Waals surface area contributed by atoms with Crippen molar-refractivity contribution >= 4 is 23.2 Å². The lowest BCUT2D eigenvalue weighted by molar-refractivity contribution is 0.170. The average molecular weight is 304 g/mol. The Balaban J connectivity index is 2.68. The second-order valence-electron chi connectivity index (χ2n) is 4.88. The first-order valence-corrected chi connectivity index (χ1v) is 7.50. The Labute approximate surface area is 126 Å². The number of methoxy groups -OCH3 is 1. The molecule has 108 valence electrons. The van der Waals surface area contributed by atoms with Crippen LogP contribution in [0.15, 0.2) is 18.2 Å². The third-order valence-corrected chi connectivity index (χ3v) is 4.11. The van der Waals surface area contributed by atoms with Crippen molar-refractivity contribution in [2.24, 2.45) is 5.92 Å². The van der Waals surface area contributed by atoms with E-state index in [9.17, 15) is 0 Å². The van der Waals surface area contributed by atoms with E-state index >= 15 is 0 Å². The number of likely N-dealkylation sites (N-methyl/N-ethyl adjacent to an activating group) is 1. The lowest BCUT2D eigenvalue weighted by Gasteiger charge is -2.25. The predicted molar refractivity (Wildman–Crippen MR) is 83.3 cm³/mol. The van der Waals surface area contributed by atoms with Crippen LogP contribution in [-0.2, 0) is 11.2 Å². The van der Waals surface area contributed by atoms with Gasteiger partial charge in [-0.2, -0.15) is 0 Å². The SMILES string of the molecule is CCNC(Cc1ccc(Cl)c(Cl)c1)C(C)CCOC. The number of rotatable bonds is 8. The molecule has 0 radical (unpaired) electrons. The van der Waals surface area contributed by atoms with Crippen LogP contribution < -0.4 is 5.32 Å². The lowest BCUT2D eigenvalue weighted by atomic mass is 9.92. The van der Waals surface area contributed by atoms with Gasteiger partial charge in [-0.15, -0.1) is 0 Å². The van der Waals surface area contributed by atoms with Gasteiger partial charge >= 0.3 is 0 Å². The highest BCUT2D eigenvalue weighted by Crippen LogP contribution is 2.24. The standard InChI is InChI=1S/C15H23Cl2NO/c1-4-18-15(11(2)7-8-19-3)10-12-5-6-13(16)14(17)9-12/h5-6,9,11,15,18H,4,7-8,10H2,1-3H3. The largest absolute Gasteiger partial charge is 0.385 e. The third kappa shape index (κ3) is 5.70. The topological polar surface area (TPSA) is 21.3 Å². The monoisotopic (exact) mass is 303 g/mol. The highest BCUT2D eigenvalue weighted by atomic mass is 35.5. The number of halogens is 2. The fourth-order valence-corrected chi connectivity index (χ4v) is 2.48. The van der Waals surface area contributed by atoms with Gasteiger partial charge in [0.2, 0.25) is 0 Å². The Hall–Kier alpha value is -0.280. The molecular weight excluding hydrogens is 281 g/mol. The Morgan fingerprint density at radius 1 is 1.26 bits per heavy atom. The van der Waals surface area contributed by atoms with Gasteiger partial charge in [0.1, 0.15) is 0 Å². The van der Waals surface area contributed by atoms with E-state index < -0.39 is 0 Å². The quantitative estimate of drug-likeness (QED) is 0.777. The fourth-order valence-electron chi connectivity index (χ4n) is 2.16. The summed E-state index contributed by atoms with van der Waals surface area (Å²) in [6, 6.07) is 6.29. The molecule has 4 heteroatoms. The van der Waals surface area contributed by atoms with Crippen LogP contribution in [0.3, 0.4) is 0 Å². The molecule has 0 saturated heterocycles. The maximum absolute atomic E-state index is 6.07. The smallest absolute Gasteiger partial charge is 0.0595 e. The van der Waals surface area contributed by atoms with Crippen molar-refractivity contribution in [3.05, 3.63) is 33.8 Å². The first-order valence-electron chi connectivity index (χ1n) is 6.74. The Bertz CT molecular complexity index is 384. The molecule has 0 amide bonds. The average Bonchev–Trinajstić information content (AvgIpc) is 2.39. The van der Waals surface area contributed by atoms with Crippen molar-refractivity contribution in [2.75, 3.05) is 20.3 Å². The van der Waals surface area contributed by atoms with Gasteiger partial charge in [0.25, 0.3) is 0 Å². The van der Waals surface area contributed by atoms with Crippen molar-refractivity contribution in [3.8, 4) is 0 Å². The number of ether oxygens (including phenoxy) is 1. The van der Waals surface area contributed by atoms with E-state index in [1.54, 1.807) is 7.11 Å². The van der Waals surface area contributed by atoms with Crippen LogP contribution in [0, 0.1) is 5.92 Å². The Morgan fingerprint density at radius 2 is 2.00 bits per heavy atom. The molecular formula is C15H23Cl2NO. The Morgan fingerprint density at radius 3 is 2.58 bits per heavy atom. The van der Waals surface area contributed by atoms with Gasteiger partial charge in [0, 0.05) is 19.8 Å². The van der Waals surface area contributed by atoms with Gasteiger partial charge in [0.15, 0.2) is 0 Å². The van der Waals surface area contributed by atoms with Gasteiger partial charge in [0.05, 0.1) is 10.0 Å². The lowest BCUT2D eigenvalue weighted by Crippen LogP contribution is -2.37. The molecule has 0 saturated carbocycles. The van der Waals surface area contributed by atoms with Crippen LogP contribution in [-0.4, -0.2) is 26.3 Å². The fraction of sp³-hybridized carbons (Fsp3) is 0.600. The van der Waals surface area contributed by atoms with E-state index in [0.717, 1.165) is 26.0 Å². The zero-order chi connectivity index (χ0) is 14.3. The predicted octanol–water partition coefficient (Wildman–Crippen LogP) is 4.19. The first kappa shape index (κ1) is 16.8. The van der Waals surface area contributed by atoms with Crippen molar-refractivity contribution in [1.82, 2.24) is 5.32 Å². The molecule has 0 heterocycles. The van der Waals surface area contributed by atoms with Gasteiger partial charge in [-0.05, 0) is 43.0 Å². The third-order valence-electron chi connectivity index (χ3n) is 3.37. The maximum atomic E-state index is 6.07. The molecule has 1 aromatic rings. The minimum Gasteiger partial charge on any atom is -0.385 e. The Kier molecular flexibility index (Phi) is 7.77. The second-order valence-corrected chi connectivity index (χ2v) is 5.69. The minimum atomic E-state index is 0.428. The summed E-state index contributed by atoms with van der Waals surface area (Å²) in [5.41, 5.74) is 1.21. The summed E-state index contributed by atoms with van der Waals surface area (Å²) in [5.74, 6) is 0.550. The summed E-state index contributed by atoms with van der Waals surface area (Å²) in [7, 11) is 1.74. The molecule has 1 N–H and O–H groups in total. The van der Waals surface area contributed by atoms with Crippen molar-refractivity contribution in [3.63, 3.8) is 0 Å². The number of hydrogen-bond acceptors (Lipinski definition) is 2. The molecule has 0 aliphatic carbocycles. The molecule has 2 atom stereocenters. The summed E-state index contributed by atoms with van der Waals surface area (Å²) in [6.45, 7) is 6.14. The van der Waals surface area contributed by atoms with Crippen LogP contribution in [0.4, 0.5) is 0 Å². The number of hydrogen-bond donors (Lipinski definition) is 1. The maximum Gasteiger partial charge on any atom is 0.0595 e. The van der Waals surface area contributed by atoms with Crippen molar-refractivity contribution in [1.29, 1.82) is 0 Å². The molecule has 1 aromatic carbocycles. The van der Waals surface area contributed by atoms with Gasteiger partial charge < -0.3 is 10.1 Å². The highest BCUT2D eigenvalue weighted by Gasteiger charge is 2.17. The van der Waals surface area contributed by atoms with Crippen LogP contribution in [0.1, 0.15) is 25.8 Å². The second kappa shape index (κ2) is 8.80.